The number of fused-ring (bicyclic) bond motifs is 5. The first kappa shape index (κ1) is 51.9. The summed E-state index contributed by atoms with van der Waals surface area (Å²) in [7, 11) is 0. The summed E-state index contributed by atoms with van der Waals surface area (Å²) in [6.45, 7) is 15.0. The van der Waals surface area contributed by atoms with Gasteiger partial charge in [-0.1, -0.05) is 46.3 Å². The summed E-state index contributed by atoms with van der Waals surface area (Å²) in [6.07, 6.45) is -17.2. The van der Waals surface area contributed by atoms with Crippen LogP contribution in [0.5, 0.6) is 0 Å². The fraction of sp³-hybridized carbons (Fsp3) is 0.957. The van der Waals surface area contributed by atoms with Crippen molar-refractivity contribution in [1.82, 2.24) is 0 Å². The van der Waals surface area contributed by atoms with Crippen molar-refractivity contribution in [1.29, 1.82) is 0 Å². The van der Waals surface area contributed by atoms with Gasteiger partial charge in [-0.05, 0) is 117 Å². The van der Waals surface area contributed by atoms with Crippen LogP contribution in [0, 0.1) is 45.3 Å². The molecule has 0 aromatic carbocycles. The Hall–Kier alpha value is -0.980. The van der Waals surface area contributed by atoms with Crippen LogP contribution < -0.4 is 0 Å². The number of allylic oxidation sites excluding steroid dienone is 2. The third-order valence-corrected chi connectivity index (χ3v) is 18.3. The SMILES string of the molecule is CC(C)=CCC[C@](C)(OC1OC(CO)C(O)C(O)C1O)[C@@H]1CC[C@@]2(C)[C@H]1C(O)C[C@H]1[C@]3(C)CCC(O)C(C)(C)[C@H]3C(O[C@@H]3OC(CO)C(O)C(O)C3O[C@H]3OCC(O)C(O)C3O)C[C@]12C. The lowest BCUT2D eigenvalue weighted by atomic mass is 9.34. The Labute approximate surface area is 382 Å². The van der Waals surface area contributed by atoms with Gasteiger partial charge in [0.1, 0.15) is 67.1 Å². The highest BCUT2D eigenvalue weighted by Gasteiger charge is 2.74. The summed E-state index contributed by atoms with van der Waals surface area (Å²) >= 11 is 0. The maximum atomic E-state index is 12.7. The normalized spacial score (nSPS) is 53.0. The molecule has 0 radical (unpaired) electrons. The third-order valence-electron chi connectivity index (χ3n) is 18.3. The lowest BCUT2D eigenvalue weighted by Crippen LogP contribution is -2.71. The molecular weight excluding hydrogens is 852 g/mol. The molecule has 25 atom stereocenters. The minimum atomic E-state index is -1.73. The van der Waals surface area contributed by atoms with Crippen LogP contribution in [0.1, 0.15) is 107 Å². The van der Waals surface area contributed by atoms with E-state index >= 15 is 0 Å². The fourth-order valence-electron chi connectivity index (χ4n) is 14.6. The third kappa shape index (κ3) is 8.72. The molecule has 65 heavy (non-hydrogen) atoms. The smallest absolute Gasteiger partial charge is 0.187 e. The average molecular weight is 933 g/mol. The number of aliphatic hydroxyl groups is 12. The Morgan fingerprint density at radius 3 is 1.94 bits per heavy atom. The molecule has 18 heteroatoms. The van der Waals surface area contributed by atoms with Gasteiger partial charge in [-0.3, -0.25) is 0 Å². The van der Waals surface area contributed by atoms with Gasteiger partial charge in [-0.2, -0.15) is 0 Å². The van der Waals surface area contributed by atoms with Crippen molar-refractivity contribution in [2.75, 3.05) is 19.8 Å². The molecule has 7 fully saturated rings. The van der Waals surface area contributed by atoms with E-state index in [-0.39, 0.29) is 30.3 Å². The Balaban J connectivity index is 1.27. The van der Waals surface area contributed by atoms with Gasteiger partial charge in [0.15, 0.2) is 18.9 Å². The first-order valence-electron chi connectivity index (χ1n) is 23.9. The van der Waals surface area contributed by atoms with Crippen LogP contribution in [-0.2, 0) is 28.4 Å². The van der Waals surface area contributed by atoms with E-state index in [1.165, 1.54) is 0 Å². The van der Waals surface area contributed by atoms with E-state index < -0.39 is 145 Å². The predicted octanol–water partition coefficient (Wildman–Crippen LogP) is -0.417. The monoisotopic (exact) mass is 933 g/mol. The maximum Gasteiger partial charge on any atom is 0.187 e. The fourth-order valence-corrected chi connectivity index (χ4v) is 14.6. The standard InChI is InChI=1S/C47H80O18/c1-21(2)10-9-13-47(8,65-41-37(59)34(56)32(54)26(18-48)62-41)22-11-15-45(6)30(22)23(50)16-28-44(5)14-12-29(52)43(3,4)39(44)25(17-46(28,45)7)61-42-38(35(57)33(55)27(19-49)63-42)64-40-36(58)31(53)24(51)20-60-40/h10,22-42,48-59H,9,11-20H2,1-8H3/t22-,23?,24?,25?,26?,27?,28+,29?,30-,31?,32?,33?,34?,35?,36?,37?,38?,39-,40-,41?,42-,44+,45+,46-,47+/m1/s1. The van der Waals surface area contributed by atoms with E-state index in [0.29, 0.717) is 51.4 Å². The maximum absolute atomic E-state index is 12.7. The summed E-state index contributed by atoms with van der Waals surface area (Å²) in [6, 6.07) is 0. The second kappa shape index (κ2) is 19.0. The number of rotatable bonds is 12. The number of aliphatic hydroxyl groups excluding tert-OH is 12. The van der Waals surface area contributed by atoms with Crippen LogP contribution in [0.4, 0.5) is 0 Å². The van der Waals surface area contributed by atoms with Gasteiger partial charge in [0.05, 0.1) is 43.7 Å². The van der Waals surface area contributed by atoms with Crippen molar-refractivity contribution in [2.24, 2.45) is 45.3 Å². The number of hydrogen-bond acceptors (Lipinski definition) is 18. The van der Waals surface area contributed by atoms with E-state index in [1.807, 2.05) is 34.6 Å². The zero-order chi connectivity index (χ0) is 47.9. The molecule has 4 aliphatic carbocycles. The lowest BCUT2D eigenvalue weighted by Gasteiger charge is -2.72. The van der Waals surface area contributed by atoms with Crippen molar-refractivity contribution < 1.29 is 89.7 Å². The minimum absolute atomic E-state index is 0.0828. The van der Waals surface area contributed by atoms with E-state index in [1.54, 1.807) is 0 Å². The Morgan fingerprint density at radius 1 is 0.692 bits per heavy atom. The van der Waals surface area contributed by atoms with Crippen LogP contribution in [0.2, 0.25) is 0 Å². The van der Waals surface area contributed by atoms with Crippen molar-refractivity contribution in [3.8, 4) is 0 Å². The van der Waals surface area contributed by atoms with Gasteiger partial charge in [0.2, 0.25) is 0 Å². The molecular formula is C47H80O18. The summed E-state index contributed by atoms with van der Waals surface area (Å²) < 4.78 is 37.7. The Bertz CT molecular complexity index is 1660. The van der Waals surface area contributed by atoms with Crippen LogP contribution in [0.3, 0.4) is 0 Å². The van der Waals surface area contributed by atoms with E-state index in [2.05, 4.69) is 26.8 Å². The molecule has 3 heterocycles. The predicted molar refractivity (Wildman–Crippen MR) is 229 cm³/mol. The molecule has 376 valence electrons. The first-order chi connectivity index (χ1) is 30.3. The summed E-state index contributed by atoms with van der Waals surface area (Å²) in [5, 5.41) is 131. The van der Waals surface area contributed by atoms with Crippen LogP contribution in [0.15, 0.2) is 11.6 Å². The van der Waals surface area contributed by atoms with E-state index in [0.717, 1.165) is 5.57 Å². The largest absolute Gasteiger partial charge is 0.394 e. The zero-order valence-corrected chi connectivity index (χ0v) is 39.3. The molecule has 12 N–H and O–H groups in total. The molecule has 0 spiro atoms. The van der Waals surface area contributed by atoms with Gasteiger partial charge in [-0.15, -0.1) is 0 Å². The zero-order valence-electron chi connectivity index (χ0n) is 39.3. The van der Waals surface area contributed by atoms with E-state index in [4.69, 9.17) is 28.4 Å². The highest BCUT2D eigenvalue weighted by Crippen LogP contribution is 2.76. The number of hydrogen-bond donors (Lipinski definition) is 12. The van der Waals surface area contributed by atoms with Crippen molar-refractivity contribution >= 4 is 0 Å². The highest BCUT2D eigenvalue weighted by atomic mass is 16.8. The Kier molecular flexibility index (Phi) is 15.1. The van der Waals surface area contributed by atoms with E-state index in [9.17, 15) is 61.3 Å². The second-order valence-corrected chi connectivity index (χ2v) is 22.6. The van der Waals surface area contributed by atoms with Crippen LogP contribution in [-0.4, -0.2) is 191 Å². The molecule has 0 bridgehead atoms. The lowest BCUT2D eigenvalue weighted by molar-refractivity contribution is -0.377. The quantitative estimate of drug-likeness (QED) is 0.0874. The van der Waals surface area contributed by atoms with Crippen molar-refractivity contribution in [3.63, 3.8) is 0 Å². The second-order valence-electron chi connectivity index (χ2n) is 22.6. The highest BCUT2D eigenvalue weighted by molar-refractivity contribution is 5.22. The molecule has 3 saturated heterocycles. The molecule has 18 nitrogen and oxygen atoms in total. The molecule has 0 aromatic heterocycles. The van der Waals surface area contributed by atoms with Crippen LogP contribution in [0.25, 0.3) is 0 Å². The van der Waals surface area contributed by atoms with Gasteiger partial charge >= 0.3 is 0 Å². The molecule has 7 aliphatic rings. The molecule has 7 rings (SSSR count). The van der Waals surface area contributed by atoms with Gasteiger partial charge in [-0.25, -0.2) is 0 Å². The summed E-state index contributed by atoms with van der Waals surface area (Å²) in [5.74, 6) is -1.11. The molecule has 15 unspecified atom stereocenters. The van der Waals surface area contributed by atoms with Gasteiger partial charge < -0.3 is 89.7 Å². The first-order valence-corrected chi connectivity index (χ1v) is 23.9. The minimum Gasteiger partial charge on any atom is -0.394 e. The molecule has 3 aliphatic heterocycles. The van der Waals surface area contributed by atoms with Gasteiger partial charge in [0.25, 0.3) is 0 Å². The molecule has 0 aromatic rings. The van der Waals surface area contributed by atoms with Crippen LogP contribution >= 0.6 is 0 Å². The summed E-state index contributed by atoms with van der Waals surface area (Å²) in [5.41, 5.74) is -2.41. The topological polar surface area (TPSA) is 298 Å². The average Bonchev–Trinajstić information content (AvgIpc) is 3.63. The van der Waals surface area contributed by atoms with Crippen molar-refractivity contribution in [3.05, 3.63) is 11.6 Å². The summed E-state index contributed by atoms with van der Waals surface area (Å²) in [4.78, 5) is 0. The van der Waals surface area contributed by atoms with Crippen molar-refractivity contribution in [2.45, 2.75) is 217 Å². The molecule has 4 saturated carbocycles. The Morgan fingerprint density at radius 2 is 1.31 bits per heavy atom. The molecule has 0 amide bonds. The number of ether oxygens (including phenoxy) is 6. The van der Waals surface area contributed by atoms with Gasteiger partial charge in [0, 0.05) is 0 Å².